The topological polar surface area (TPSA) is 92.3 Å². The molecule has 2 heterocycles. The van der Waals surface area contributed by atoms with E-state index in [0.29, 0.717) is 0 Å². The van der Waals surface area contributed by atoms with Crippen LogP contribution in [0.2, 0.25) is 0 Å². The summed E-state index contributed by atoms with van der Waals surface area (Å²) >= 11 is 0. The second-order valence-corrected chi connectivity index (χ2v) is 4.70. The molecule has 7 nitrogen and oxygen atoms in total. The number of ether oxygens (including phenoxy) is 1. The van der Waals surface area contributed by atoms with Gasteiger partial charge in [0.1, 0.15) is 12.2 Å². The lowest BCUT2D eigenvalue weighted by atomic mass is 10.0. The van der Waals surface area contributed by atoms with E-state index >= 15 is 0 Å². The van der Waals surface area contributed by atoms with Gasteiger partial charge in [-0.25, -0.2) is 13.6 Å². The summed E-state index contributed by atoms with van der Waals surface area (Å²) in [4.78, 5) is 13.1. The molecule has 110 valence electrons. The van der Waals surface area contributed by atoms with Gasteiger partial charge in [0.05, 0.1) is 12.2 Å². The van der Waals surface area contributed by atoms with Gasteiger partial charge in [0.15, 0.2) is 17.2 Å². The van der Waals surface area contributed by atoms with Crippen LogP contribution in [0.1, 0.15) is 0 Å². The Morgan fingerprint density at radius 3 is 2.81 bits per heavy atom. The Morgan fingerprint density at radius 1 is 1.38 bits per heavy atom. The lowest BCUT2D eigenvalue weighted by Crippen LogP contribution is -2.35. The Hall–Kier alpha value is -2.71. The number of carbonyl (C=O) groups excluding carboxylic acids is 1. The van der Waals surface area contributed by atoms with Gasteiger partial charge in [-0.3, -0.25) is 10.3 Å². The average molecular weight is 295 g/mol. The quantitative estimate of drug-likeness (QED) is 0.772. The molecule has 9 heteroatoms. The number of nitrogen functional groups attached to an aromatic ring is 1. The molecule has 3 rings (SSSR count). The number of carbonyl (C=O) groups is 1. The van der Waals surface area contributed by atoms with Gasteiger partial charge >= 0.3 is 6.09 Å². The molecule has 2 aliphatic rings. The van der Waals surface area contributed by atoms with E-state index in [9.17, 15) is 13.6 Å². The van der Waals surface area contributed by atoms with Crippen molar-refractivity contribution in [2.45, 2.75) is 5.60 Å². The normalized spacial score (nSPS) is 24.1. The minimum atomic E-state index is -1.02. The van der Waals surface area contributed by atoms with Gasteiger partial charge in [-0.1, -0.05) is 5.22 Å². The molecule has 1 atom stereocenters. The molecule has 0 aliphatic carbocycles. The predicted octanol–water partition coefficient (Wildman–Crippen LogP) is 1.73. The Labute approximate surface area is 118 Å². The van der Waals surface area contributed by atoms with Crippen molar-refractivity contribution in [3.8, 4) is 0 Å². The Kier molecular flexibility index (Phi) is 2.96. The van der Waals surface area contributed by atoms with Gasteiger partial charge in [0, 0.05) is 18.3 Å². The molecule has 1 unspecified atom stereocenters. The molecular weight excluding hydrogens is 284 g/mol. The number of halogens is 2. The highest BCUT2D eigenvalue weighted by molar-refractivity contribution is 5.91. The minimum absolute atomic E-state index is 0.0311. The maximum atomic E-state index is 13.5. The summed E-state index contributed by atoms with van der Waals surface area (Å²) in [7, 11) is 0. The van der Waals surface area contributed by atoms with Crippen LogP contribution in [0.15, 0.2) is 34.7 Å². The van der Waals surface area contributed by atoms with Gasteiger partial charge < -0.3 is 10.5 Å². The first-order valence-corrected chi connectivity index (χ1v) is 6.05. The van der Waals surface area contributed by atoms with Crippen molar-refractivity contribution < 1.29 is 18.3 Å². The van der Waals surface area contributed by atoms with Crippen molar-refractivity contribution in [1.29, 1.82) is 0 Å². The molecule has 0 bridgehead atoms. The monoisotopic (exact) mass is 295 g/mol. The fourth-order valence-corrected chi connectivity index (χ4v) is 2.16. The molecule has 1 amide bonds. The highest BCUT2D eigenvalue weighted by Crippen LogP contribution is 2.32. The first-order valence-electron chi connectivity index (χ1n) is 6.05. The van der Waals surface area contributed by atoms with E-state index < -0.39 is 29.0 Å². The van der Waals surface area contributed by atoms with Crippen LogP contribution in [0.5, 0.6) is 0 Å². The van der Waals surface area contributed by atoms with E-state index in [1.54, 1.807) is 6.08 Å². The lowest BCUT2D eigenvalue weighted by Gasteiger charge is -2.19. The zero-order chi connectivity index (χ0) is 15.0. The molecule has 1 fully saturated rings. The summed E-state index contributed by atoms with van der Waals surface area (Å²) in [6, 6.07) is 1.97. The molecule has 0 aromatic heterocycles. The first-order chi connectivity index (χ1) is 10.0. The van der Waals surface area contributed by atoms with Crippen LogP contribution in [0.3, 0.4) is 0 Å². The van der Waals surface area contributed by atoms with Crippen LogP contribution in [-0.2, 0) is 4.74 Å². The fourth-order valence-electron chi connectivity index (χ4n) is 2.16. The van der Waals surface area contributed by atoms with Crippen molar-refractivity contribution in [3.05, 3.63) is 36.0 Å². The van der Waals surface area contributed by atoms with Crippen LogP contribution in [0.4, 0.5) is 25.0 Å². The highest BCUT2D eigenvalue weighted by Gasteiger charge is 2.45. The Morgan fingerprint density at radius 2 is 2.10 bits per heavy atom. The molecule has 0 radical (unpaired) electrons. The molecule has 2 aliphatic heterocycles. The van der Waals surface area contributed by atoms with Crippen molar-refractivity contribution in [2.24, 2.45) is 10.3 Å². The van der Waals surface area contributed by atoms with Gasteiger partial charge in [-0.05, 0) is 6.08 Å². The highest BCUT2D eigenvalue weighted by atomic mass is 19.1. The van der Waals surface area contributed by atoms with E-state index in [-0.39, 0.29) is 18.8 Å². The van der Waals surface area contributed by atoms with E-state index in [1.807, 2.05) is 0 Å². The number of nitrogens with zero attached hydrogens (tertiary/aromatic N) is 3. The summed E-state index contributed by atoms with van der Waals surface area (Å²) in [6.07, 6.45) is 2.35. The molecular formula is C12H11F2N5O2. The third kappa shape index (κ3) is 2.26. The zero-order valence-corrected chi connectivity index (χ0v) is 10.7. The number of rotatable bonds is 1. The van der Waals surface area contributed by atoms with E-state index in [0.717, 1.165) is 17.0 Å². The van der Waals surface area contributed by atoms with E-state index in [4.69, 9.17) is 10.5 Å². The fraction of sp³-hybridized carbons (Fsp3) is 0.250. The summed E-state index contributed by atoms with van der Waals surface area (Å²) in [5.41, 5.74) is 6.16. The van der Waals surface area contributed by atoms with E-state index in [1.165, 1.54) is 6.20 Å². The standard InChI is InChI=1S/C12H11F2N5O2/c13-8-3-7(4-9(14)10(8)15)19-6-12(21-11(19)20)1-2-16-18-17-5-12/h1-4H,5-6,15H2,(H,16,17). The van der Waals surface area contributed by atoms with Crippen molar-refractivity contribution >= 4 is 17.5 Å². The molecule has 1 saturated heterocycles. The largest absolute Gasteiger partial charge is 0.434 e. The zero-order valence-electron chi connectivity index (χ0n) is 10.7. The number of hydrogen-bond acceptors (Lipinski definition) is 6. The summed E-state index contributed by atoms with van der Waals surface area (Å²) in [5.74, 6) is -1.87. The summed E-state index contributed by atoms with van der Waals surface area (Å²) in [6.45, 7) is 0.171. The molecule has 3 N–H and O–H groups in total. The van der Waals surface area contributed by atoms with Crippen LogP contribution < -0.4 is 16.1 Å². The minimum Gasteiger partial charge on any atom is -0.434 e. The maximum absolute atomic E-state index is 13.5. The first kappa shape index (κ1) is 13.3. The number of amides is 1. The van der Waals surface area contributed by atoms with Gasteiger partial charge in [0.25, 0.3) is 0 Å². The Balaban J connectivity index is 1.94. The number of hydrogen-bond donors (Lipinski definition) is 2. The van der Waals surface area contributed by atoms with Gasteiger partial charge in [-0.15, -0.1) is 0 Å². The molecule has 1 spiro atoms. The second-order valence-electron chi connectivity index (χ2n) is 4.70. The molecule has 0 saturated carbocycles. The SMILES string of the molecule is Nc1c(F)cc(N2CC3(C=CNN=NC3)OC2=O)cc1F. The lowest BCUT2D eigenvalue weighted by molar-refractivity contribution is 0.0999. The van der Waals surface area contributed by atoms with Crippen LogP contribution >= 0.6 is 0 Å². The number of nitrogens with two attached hydrogens (primary N) is 1. The predicted molar refractivity (Wildman–Crippen MR) is 69.3 cm³/mol. The van der Waals surface area contributed by atoms with Gasteiger partial charge in [-0.2, -0.15) is 5.11 Å². The van der Waals surface area contributed by atoms with Gasteiger partial charge in [0.2, 0.25) is 0 Å². The summed E-state index contributed by atoms with van der Waals surface area (Å²) in [5, 5.41) is 7.39. The second kappa shape index (κ2) is 4.69. The summed E-state index contributed by atoms with van der Waals surface area (Å²) < 4.78 is 32.3. The maximum Gasteiger partial charge on any atom is 0.415 e. The van der Waals surface area contributed by atoms with Crippen LogP contribution in [0, 0.1) is 11.6 Å². The van der Waals surface area contributed by atoms with Crippen molar-refractivity contribution in [1.82, 2.24) is 5.43 Å². The van der Waals surface area contributed by atoms with Crippen molar-refractivity contribution in [2.75, 3.05) is 23.7 Å². The van der Waals surface area contributed by atoms with Crippen LogP contribution in [0.25, 0.3) is 0 Å². The number of nitrogens with one attached hydrogen (secondary N) is 1. The smallest absolute Gasteiger partial charge is 0.415 e. The van der Waals surface area contributed by atoms with Crippen molar-refractivity contribution in [3.63, 3.8) is 0 Å². The third-order valence-corrected chi connectivity index (χ3v) is 3.24. The Bertz CT molecular complexity index is 640. The molecule has 1 aromatic rings. The average Bonchev–Trinajstić information content (AvgIpc) is 2.61. The van der Waals surface area contributed by atoms with Crippen LogP contribution in [-0.4, -0.2) is 24.8 Å². The third-order valence-electron chi connectivity index (χ3n) is 3.24. The number of benzene rings is 1. The molecule has 21 heavy (non-hydrogen) atoms. The number of anilines is 2. The van der Waals surface area contributed by atoms with E-state index in [2.05, 4.69) is 15.8 Å². The molecule has 1 aromatic carbocycles.